The van der Waals surface area contributed by atoms with Crippen LogP contribution >= 0.6 is 0 Å². The molecule has 5 nitrogen and oxygen atoms in total. The molecule has 0 aromatic carbocycles. The second-order valence-electron chi connectivity index (χ2n) is 4.64. The number of piperazine rings is 1. The molecule has 0 unspecified atom stereocenters. The summed E-state index contributed by atoms with van der Waals surface area (Å²) in [6, 6.07) is 0. The summed E-state index contributed by atoms with van der Waals surface area (Å²) < 4.78 is 0. The van der Waals surface area contributed by atoms with Crippen molar-refractivity contribution in [3.8, 4) is 0 Å². The van der Waals surface area contributed by atoms with Gasteiger partial charge in [-0.3, -0.25) is 9.69 Å². The maximum Gasteiger partial charge on any atom is 0.233 e. The van der Waals surface area contributed by atoms with E-state index in [1.807, 2.05) is 0 Å². The van der Waals surface area contributed by atoms with E-state index in [4.69, 9.17) is 5.73 Å². The van der Waals surface area contributed by atoms with Crippen molar-refractivity contribution in [2.75, 3.05) is 52.9 Å². The number of carbonyl (C=O) groups excluding carboxylic acids is 1. The molecule has 0 aromatic heterocycles. The van der Waals surface area contributed by atoms with E-state index in [9.17, 15) is 4.79 Å². The summed E-state index contributed by atoms with van der Waals surface area (Å²) in [5.41, 5.74) is 5.47. The maximum atomic E-state index is 11.2. The third-order valence-electron chi connectivity index (χ3n) is 3.29. The normalized spacial score (nSPS) is 18.2. The highest BCUT2D eigenvalue weighted by atomic mass is 16.1. The van der Waals surface area contributed by atoms with Crippen LogP contribution in [-0.2, 0) is 4.79 Å². The molecule has 100 valence electrons. The third-order valence-corrected chi connectivity index (χ3v) is 3.29. The van der Waals surface area contributed by atoms with Gasteiger partial charge in [0.15, 0.2) is 0 Å². The van der Waals surface area contributed by atoms with Crippen molar-refractivity contribution in [1.82, 2.24) is 15.1 Å². The molecule has 1 aliphatic rings. The molecule has 0 radical (unpaired) electrons. The topological polar surface area (TPSA) is 61.6 Å². The smallest absolute Gasteiger partial charge is 0.233 e. The number of amides is 1. The Bertz CT molecular complexity index is 215. The van der Waals surface area contributed by atoms with Gasteiger partial charge in [-0.15, -0.1) is 0 Å². The van der Waals surface area contributed by atoms with Gasteiger partial charge in [-0.05, 0) is 25.9 Å². The number of nitrogens with zero attached hydrogens (tertiary/aromatic N) is 2. The molecule has 1 amide bonds. The molecule has 1 saturated heterocycles. The summed E-state index contributed by atoms with van der Waals surface area (Å²) in [7, 11) is 1.69. The Hall–Kier alpha value is -0.650. The average Bonchev–Trinajstić information content (AvgIpc) is 2.36. The predicted molar refractivity (Wildman–Crippen MR) is 69.9 cm³/mol. The van der Waals surface area contributed by atoms with E-state index in [0.29, 0.717) is 6.54 Å². The van der Waals surface area contributed by atoms with Crippen molar-refractivity contribution >= 4 is 5.91 Å². The quantitative estimate of drug-likeness (QED) is 0.590. The fraction of sp³-hybridized carbons (Fsp3) is 0.917. The molecule has 0 aliphatic carbocycles. The van der Waals surface area contributed by atoms with Crippen molar-refractivity contribution in [3.05, 3.63) is 0 Å². The standard InChI is InChI=1S/C12H26N4O/c1-14-12(17)11-16-9-7-15(8-10-16)6-4-2-3-5-13/h2-11,13H2,1H3,(H,14,17). The molecule has 1 rings (SSSR count). The van der Waals surface area contributed by atoms with Crippen LogP contribution in [0.2, 0.25) is 0 Å². The van der Waals surface area contributed by atoms with Crippen LogP contribution in [0.5, 0.6) is 0 Å². The molecule has 1 aliphatic heterocycles. The van der Waals surface area contributed by atoms with E-state index in [-0.39, 0.29) is 5.91 Å². The number of unbranched alkanes of at least 4 members (excludes halogenated alkanes) is 2. The number of carbonyl (C=O) groups is 1. The first-order chi connectivity index (χ1) is 8.26. The van der Waals surface area contributed by atoms with Gasteiger partial charge in [0.05, 0.1) is 6.54 Å². The molecular formula is C12H26N4O. The van der Waals surface area contributed by atoms with Gasteiger partial charge in [-0.25, -0.2) is 0 Å². The fourth-order valence-corrected chi connectivity index (χ4v) is 2.11. The van der Waals surface area contributed by atoms with Crippen LogP contribution in [0.4, 0.5) is 0 Å². The molecule has 0 saturated carbocycles. The number of likely N-dealkylation sites (N-methyl/N-ethyl adjacent to an activating group) is 1. The van der Waals surface area contributed by atoms with E-state index in [1.165, 1.54) is 19.4 Å². The van der Waals surface area contributed by atoms with Gasteiger partial charge in [0.1, 0.15) is 0 Å². The van der Waals surface area contributed by atoms with Crippen molar-refractivity contribution in [2.45, 2.75) is 19.3 Å². The molecule has 3 N–H and O–H groups in total. The molecular weight excluding hydrogens is 216 g/mol. The molecule has 5 heteroatoms. The highest BCUT2D eigenvalue weighted by molar-refractivity contribution is 5.77. The number of nitrogens with two attached hydrogens (primary N) is 1. The summed E-state index contributed by atoms with van der Waals surface area (Å²) >= 11 is 0. The van der Waals surface area contributed by atoms with Crippen LogP contribution in [0, 0.1) is 0 Å². The lowest BCUT2D eigenvalue weighted by Gasteiger charge is -2.34. The second-order valence-corrected chi connectivity index (χ2v) is 4.64. The highest BCUT2D eigenvalue weighted by Crippen LogP contribution is 2.04. The summed E-state index contributed by atoms with van der Waals surface area (Å²) in [4.78, 5) is 15.9. The lowest BCUT2D eigenvalue weighted by molar-refractivity contribution is -0.122. The SMILES string of the molecule is CNC(=O)CN1CCN(CCCCCN)CC1. The lowest BCUT2D eigenvalue weighted by Crippen LogP contribution is -2.49. The zero-order chi connectivity index (χ0) is 12.5. The Morgan fingerprint density at radius 3 is 2.35 bits per heavy atom. The number of rotatable bonds is 7. The van der Waals surface area contributed by atoms with Gasteiger partial charge in [0.25, 0.3) is 0 Å². The van der Waals surface area contributed by atoms with E-state index in [1.54, 1.807) is 7.05 Å². The molecule has 17 heavy (non-hydrogen) atoms. The van der Waals surface area contributed by atoms with Crippen LogP contribution in [0.1, 0.15) is 19.3 Å². The van der Waals surface area contributed by atoms with E-state index in [2.05, 4.69) is 15.1 Å². The van der Waals surface area contributed by atoms with Crippen LogP contribution in [0.3, 0.4) is 0 Å². The fourth-order valence-electron chi connectivity index (χ4n) is 2.11. The Kier molecular flexibility index (Phi) is 7.16. The predicted octanol–water partition coefficient (Wildman–Crippen LogP) is -0.521. The molecule has 0 bridgehead atoms. The van der Waals surface area contributed by atoms with Gasteiger partial charge in [-0.1, -0.05) is 6.42 Å². The Morgan fingerprint density at radius 1 is 1.12 bits per heavy atom. The van der Waals surface area contributed by atoms with Gasteiger partial charge >= 0.3 is 0 Å². The highest BCUT2D eigenvalue weighted by Gasteiger charge is 2.17. The van der Waals surface area contributed by atoms with Crippen molar-refractivity contribution in [1.29, 1.82) is 0 Å². The van der Waals surface area contributed by atoms with Gasteiger partial charge < -0.3 is 16.0 Å². The van der Waals surface area contributed by atoms with E-state index < -0.39 is 0 Å². The zero-order valence-corrected chi connectivity index (χ0v) is 11.0. The molecule has 1 fully saturated rings. The molecule has 0 aromatic rings. The van der Waals surface area contributed by atoms with Gasteiger partial charge in [0.2, 0.25) is 5.91 Å². The monoisotopic (exact) mass is 242 g/mol. The molecule has 1 heterocycles. The number of hydrogen-bond acceptors (Lipinski definition) is 4. The number of nitrogens with one attached hydrogen (secondary N) is 1. The van der Waals surface area contributed by atoms with Crippen LogP contribution in [-0.4, -0.2) is 68.6 Å². The minimum atomic E-state index is 0.112. The van der Waals surface area contributed by atoms with Crippen LogP contribution < -0.4 is 11.1 Å². The summed E-state index contributed by atoms with van der Waals surface area (Å²) in [6.45, 7) is 6.69. The first-order valence-electron chi connectivity index (χ1n) is 6.61. The Labute approximate surface area is 104 Å². The van der Waals surface area contributed by atoms with Gasteiger partial charge in [-0.2, -0.15) is 0 Å². The summed E-state index contributed by atoms with van der Waals surface area (Å²) in [5, 5.41) is 2.67. The molecule has 0 spiro atoms. The third kappa shape index (κ3) is 6.00. The van der Waals surface area contributed by atoms with Gasteiger partial charge in [0, 0.05) is 33.2 Å². The first-order valence-corrected chi connectivity index (χ1v) is 6.61. The average molecular weight is 242 g/mol. The Morgan fingerprint density at radius 2 is 1.76 bits per heavy atom. The summed E-state index contributed by atoms with van der Waals surface area (Å²) in [6.07, 6.45) is 3.61. The first kappa shape index (κ1) is 14.4. The van der Waals surface area contributed by atoms with E-state index >= 15 is 0 Å². The van der Waals surface area contributed by atoms with Crippen molar-refractivity contribution in [2.24, 2.45) is 5.73 Å². The largest absolute Gasteiger partial charge is 0.358 e. The Balaban J connectivity index is 2.07. The van der Waals surface area contributed by atoms with Crippen molar-refractivity contribution < 1.29 is 4.79 Å². The second kappa shape index (κ2) is 8.44. The van der Waals surface area contributed by atoms with E-state index in [0.717, 1.165) is 39.1 Å². The maximum absolute atomic E-state index is 11.2. The molecule has 0 atom stereocenters. The van der Waals surface area contributed by atoms with Crippen LogP contribution in [0.25, 0.3) is 0 Å². The summed E-state index contributed by atoms with van der Waals surface area (Å²) in [5.74, 6) is 0.112. The lowest BCUT2D eigenvalue weighted by atomic mass is 10.2. The minimum absolute atomic E-state index is 0.112. The zero-order valence-electron chi connectivity index (χ0n) is 11.0. The van der Waals surface area contributed by atoms with Crippen LogP contribution in [0.15, 0.2) is 0 Å². The number of hydrogen-bond donors (Lipinski definition) is 2. The minimum Gasteiger partial charge on any atom is -0.358 e. The van der Waals surface area contributed by atoms with Crippen molar-refractivity contribution in [3.63, 3.8) is 0 Å².